The minimum absolute atomic E-state index is 0.184. The molecule has 0 saturated heterocycles. The van der Waals surface area contributed by atoms with Gasteiger partial charge in [0.15, 0.2) is 0 Å². The number of anilines is 2. The molecule has 1 N–H and O–H groups in total. The Kier molecular flexibility index (Phi) is 5.03. The van der Waals surface area contributed by atoms with Gasteiger partial charge in [-0.1, -0.05) is 24.3 Å². The fourth-order valence-corrected chi connectivity index (χ4v) is 3.14. The first-order chi connectivity index (χ1) is 12.1. The van der Waals surface area contributed by atoms with Crippen molar-refractivity contribution in [1.29, 1.82) is 0 Å². The van der Waals surface area contributed by atoms with E-state index in [0.717, 1.165) is 29.7 Å². The van der Waals surface area contributed by atoms with Crippen LogP contribution in [0, 0.1) is 6.92 Å². The summed E-state index contributed by atoms with van der Waals surface area (Å²) >= 11 is 0. The van der Waals surface area contributed by atoms with Gasteiger partial charge in [0.1, 0.15) is 12.2 Å². The standard InChI is InChI=1S/C20H22N2O3/c1-14-9-10-18(25-2)16(12-14)21-19(23)13-20(24)22-11-5-7-15-6-3-4-8-17(15)22/h3-4,6,8-10,12H,5,7,11,13H2,1-2H3,(H,21,23). The largest absolute Gasteiger partial charge is 0.495 e. The lowest BCUT2D eigenvalue weighted by molar-refractivity contribution is -0.125. The van der Waals surface area contributed by atoms with Gasteiger partial charge in [-0.25, -0.2) is 0 Å². The minimum atomic E-state index is -0.336. The van der Waals surface area contributed by atoms with Crippen molar-refractivity contribution < 1.29 is 14.3 Å². The van der Waals surface area contributed by atoms with Crippen LogP contribution in [0.5, 0.6) is 5.75 Å². The van der Waals surface area contributed by atoms with E-state index in [0.29, 0.717) is 18.0 Å². The highest BCUT2D eigenvalue weighted by Crippen LogP contribution is 2.28. The van der Waals surface area contributed by atoms with Crippen LogP contribution in [0.2, 0.25) is 0 Å². The fraction of sp³-hybridized carbons (Fsp3) is 0.300. The third kappa shape index (κ3) is 3.82. The number of hydrogen-bond donors (Lipinski definition) is 1. The third-order valence-corrected chi connectivity index (χ3v) is 4.35. The maximum absolute atomic E-state index is 12.6. The molecule has 0 fully saturated rings. The van der Waals surface area contributed by atoms with Crippen LogP contribution < -0.4 is 15.0 Å². The molecule has 1 aliphatic heterocycles. The number of rotatable bonds is 4. The molecule has 5 heteroatoms. The van der Waals surface area contributed by atoms with Gasteiger partial charge in [0.25, 0.3) is 0 Å². The Morgan fingerprint density at radius 3 is 2.80 bits per heavy atom. The van der Waals surface area contributed by atoms with Crippen molar-refractivity contribution in [3.05, 3.63) is 53.6 Å². The number of para-hydroxylation sites is 1. The van der Waals surface area contributed by atoms with Gasteiger partial charge >= 0.3 is 0 Å². The Balaban J connectivity index is 1.70. The lowest BCUT2D eigenvalue weighted by atomic mass is 10.0. The number of ether oxygens (including phenoxy) is 1. The molecule has 2 aromatic rings. The monoisotopic (exact) mass is 338 g/mol. The minimum Gasteiger partial charge on any atom is -0.495 e. The molecule has 3 rings (SSSR count). The van der Waals surface area contributed by atoms with Crippen molar-refractivity contribution in [2.75, 3.05) is 23.9 Å². The number of nitrogens with one attached hydrogen (secondary N) is 1. The Morgan fingerprint density at radius 1 is 1.20 bits per heavy atom. The van der Waals surface area contributed by atoms with Gasteiger partial charge in [0.05, 0.1) is 12.8 Å². The number of hydrogen-bond acceptors (Lipinski definition) is 3. The van der Waals surface area contributed by atoms with Crippen LogP contribution in [-0.4, -0.2) is 25.5 Å². The average Bonchev–Trinajstić information content (AvgIpc) is 2.61. The van der Waals surface area contributed by atoms with E-state index in [1.165, 1.54) is 0 Å². The number of carbonyl (C=O) groups is 2. The summed E-state index contributed by atoms with van der Waals surface area (Å²) in [6.07, 6.45) is 1.69. The van der Waals surface area contributed by atoms with Crippen LogP contribution in [0.25, 0.3) is 0 Å². The molecule has 0 radical (unpaired) electrons. The normalized spacial score (nSPS) is 13.1. The highest BCUT2D eigenvalue weighted by Gasteiger charge is 2.24. The molecule has 0 aliphatic carbocycles. The van der Waals surface area contributed by atoms with Crippen molar-refractivity contribution in [1.82, 2.24) is 0 Å². The molecule has 0 spiro atoms. The van der Waals surface area contributed by atoms with Gasteiger partial charge in [-0.05, 0) is 49.1 Å². The van der Waals surface area contributed by atoms with Gasteiger partial charge < -0.3 is 15.0 Å². The van der Waals surface area contributed by atoms with Crippen molar-refractivity contribution in [2.45, 2.75) is 26.2 Å². The molecule has 2 amide bonds. The summed E-state index contributed by atoms with van der Waals surface area (Å²) in [6.45, 7) is 2.59. The molecular weight excluding hydrogens is 316 g/mol. The summed E-state index contributed by atoms with van der Waals surface area (Å²) in [5.41, 5.74) is 3.66. The van der Waals surface area contributed by atoms with Gasteiger partial charge in [-0.3, -0.25) is 9.59 Å². The number of nitrogens with zero attached hydrogens (tertiary/aromatic N) is 1. The van der Waals surface area contributed by atoms with E-state index in [4.69, 9.17) is 4.74 Å². The van der Waals surface area contributed by atoms with Crippen LogP contribution in [0.4, 0.5) is 11.4 Å². The summed E-state index contributed by atoms with van der Waals surface area (Å²) in [5.74, 6) is 0.0583. The second kappa shape index (κ2) is 7.38. The number of methoxy groups -OCH3 is 1. The van der Waals surface area contributed by atoms with E-state index in [9.17, 15) is 9.59 Å². The topological polar surface area (TPSA) is 58.6 Å². The maximum atomic E-state index is 12.6. The third-order valence-electron chi connectivity index (χ3n) is 4.35. The summed E-state index contributed by atoms with van der Waals surface area (Å²) in [5, 5.41) is 2.78. The number of benzene rings is 2. The number of aryl methyl sites for hydroxylation is 2. The van der Waals surface area contributed by atoms with Crippen LogP contribution in [0.15, 0.2) is 42.5 Å². The first kappa shape index (κ1) is 17.0. The zero-order valence-electron chi connectivity index (χ0n) is 14.5. The molecule has 0 unspecified atom stereocenters. The summed E-state index contributed by atoms with van der Waals surface area (Å²) in [6, 6.07) is 13.4. The van der Waals surface area contributed by atoms with E-state index >= 15 is 0 Å². The first-order valence-corrected chi connectivity index (χ1v) is 8.41. The maximum Gasteiger partial charge on any atom is 0.236 e. The quantitative estimate of drug-likeness (QED) is 0.870. The predicted octanol–water partition coefficient (Wildman–Crippen LogP) is 3.31. The van der Waals surface area contributed by atoms with Crippen molar-refractivity contribution in [3.8, 4) is 5.75 Å². The highest BCUT2D eigenvalue weighted by molar-refractivity contribution is 6.09. The Morgan fingerprint density at radius 2 is 2.00 bits per heavy atom. The summed E-state index contributed by atoms with van der Waals surface area (Å²) in [4.78, 5) is 26.7. The molecule has 1 heterocycles. The van der Waals surface area contributed by atoms with Crippen LogP contribution in [-0.2, 0) is 16.0 Å². The first-order valence-electron chi connectivity index (χ1n) is 8.41. The van der Waals surface area contributed by atoms with E-state index in [-0.39, 0.29) is 18.2 Å². The van der Waals surface area contributed by atoms with Crippen molar-refractivity contribution in [2.24, 2.45) is 0 Å². The van der Waals surface area contributed by atoms with Gasteiger partial charge in [-0.15, -0.1) is 0 Å². The van der Waals surface area contributed by atoms with Gasteiger partial charge in [0.2, 0.25) is 11.8 Å². The Hall–Kier alpha value is -2.82. The van der Waals surface area contributed by atoms with Gasteiger partial charge in [-0.2, -0.15) is 0 Å². The molecule has 2 aromatic carbocycles. The second-order valence-corrected chi connectivity index (χ2v) is 6.21. The van der Waals surface area contributed by atoms with Crippen LogP contribution >= 0.6 is 0 Å². The molecule has 25 heavy (non-hydrogen) atoms. The highest BCUT2D eigenvalue weighted by atomic mass is 16.5. The number of amides is 2. The van der Waals surface area contributed by atoms with Crippen LogP contribution in [0.3, 0.4) is 0 Å². The lowest BCUT2D eigenvalue weighted by Gasteiger charge is -2.29. The van der Waals surface area contributed by atoms with E-state index in [1.54, 1.807) is 18.1 Å². The number of carbonyl (C=O) groups excluding carboxylic acids is 2. The molecular formula is C20H22N2O3. The molecule has 0 atom stereocenters. The summed E-state index contributed by atoms with van der Waals surface area (Å²) < 4.78 is 5.26. The Bertz CT molecular complexity index is 801. The van der Waals surface area contributed by atoms with Crippen molar-refractivity contribution in [3.63, 3.8) is 0 Å². The smallest absolute Gasteiger partial charge is 0.236 e. The zero-order valence-corrected chi connectivity index (χ0v) is 14.5. The van der Waals surface area contributed by atoms with Crippen molar-refractivity contribution >= 4 is 23.2 Å². The second-order valence-electron chi connectivity index (χ2n) is 6.21. The zero-order chi connectivity index (χ0) is 17.8. The summed E-state index contributed by atoms with van der Waals surface area (Å²) in [7, 11) is 1.55. The SMILES string of the molecule is COc1ccc(C)cc1NC(=O)CC(=O)N1CCCc2ccccc21. The molecule has 0 bridgehead atoms. The van der Waals surface area contributed by atoms with E-state index < -0.39 is 0 Å². The Labute approximate surface area is 147 Å². The molecule has 1 aliphatic rings. The van der Waals surface area contributed by atoms with E-state index in [2.05, 4.69) is 5.32 Å². The molecule has 0 saturated carbocycles. The van der Waals surface area contributed by atoms with E-state index in [1.807, 2.05) is 43.3 Å². The predicted molar refractivity (Wildman–Crippen MR) is 98.1 cm³/mol. The van der Waals surface area contributed by atoms with Crippen LogP contribution in [0.1, 0.15) is 24.0 Å². The van der Waals surface area contributed by atoms with Gasteiger partial charge in [0, 0.05) is 12.2 Å². The molecule has 5 nitrogen and oxygen atoms in total. The fourth-order valence-electron chi connectivity index (χ4n) is 3.14. The average molecular weight is 338 g/mol. The molecule has 0 aromatic heterocycles. The molecule has 130 valence electrons. The lowest BCUT2D eigenvalue weighted by Crippen LogP contribution is -2.37. The number of fused-ring (bicyclic) bond motifs is 1.